The zero-order chi connectivity index (χ0) is 14.1. The summed E-state index contributed by atoms with van der Waals surface area (Å²) < 4.78 is 2.31. The van der Waals surface area contributed by atoms with E-state index in [0.29, 0.717) is 0 Å². The second kappa shape index (κ2) is 5.86. The predicted octanol–water partition coefficient (Wildman–Crippen LogP) is 2.07. The van der Waals surface area contributed by atoms with Crippen LogP contribution in [-0.2, 0) is 13.1 Å². The van der Waals surface area contributed by atoms with Gasteiger partial charge in [0.15, 0.2) is 0 Å². The molecule has 0 N–H and O–H groups in total. The molecule has 1 aliphatic carbocycles. The first-order valence-corrected chi connectivity index (χ1v) is 8.07. The third-order valence-electron chi connectivity index (χ3n) is 4.93. The van der Waals surface area contributed by atoms with Crippen LogP contribution in [0.4, 0.5) is 0 Å². The van der Waals surface area contributed by atoms with E-state index in [4.69, 9.17) is 0 Å². The Hall–Kier alpha value is -0.870. The van der Waals surface area contributed by atoms with Gasteiger partial charge in [-0.1, -0.05) is 6.92 Å². The average molecular weight is 276 g/mol. The van der Waals surface area contributed by atoms with Crippen molar-refractivity contribution in [3.8, 4) is 0 Å². The van der Waals surface area contributed by atoms with Crippen LogP contribution in [0.1, 0.15) is 32.0 Å². The van der Waals surface area contributed by atoms with E-state index in [0.717, 1.165) is 31.0 Å². The fourth-order valence-corrected chi connectivity index (χ4v) is 3.69. The van der Waals surface area contributed by atoms with Gasteiger partial charge in [-0.2, -0.15) is 0 Å². The van der Waals surface area contributed by atoms with Gasteiger partial charge in [0.25, 0.3) is 0 Å². The molecular formula is C16H28N4. The molecule has 1 aliphatic heterocycles. The molecular weight excluding hydrogens is 248 g/mol. The Kier molecular flexibility index (Phi) is 4.13. The van der Waals surface area contributed by atoms with Crippen LogP contribution in [0.3, 0.4) is 0 Å². The molecule has 0 unspecified atom stereocenters. The summed E-state index contributed by atoms with van der Waals surface area (Å²) in [5.41, 5.74) is 0. The number of hydrogen-bond donors (Lipinski definition) is 0. The van der Waals surface area contributed by atoms with Crippen LogP contribution >= 0.6 is 0 Å². The van der Waals surface area contributed by atoms with Gasteiger partial charge in [0, 0.05) is 38.1 Å². The van der Waals surface area contributed by atoms with E-state index in [1.165, 1.54) is 38.2 Å². The summed E-state index contributed by atoms with van der Waals surface area (Å²) in [6.07, 6.45) is 8.15. The minimum Gasteiger partial charge on any atom is -0.334 e. The Balaban J connectivity index is 1.64. The number of aromatic nitrogens is 2. The lowest BCUT2D eigenvalue weighted by Crippen LogP contribution is -2.36. The highest BCUT2D eigenvalue weighted by Gasteiger charge is 2.43. The summed E-state index contributed by atoms with van der Waals surface area (Å²) in [6.45, 7) is 6.79. The van der Waals surface area contributed by atoms with Crippen LogP contribution in [0, 0.1) is 11.8 Å². The van der Waals surface area contributed by atoms with Crippen molar-refractivity contribution in [1.82, 2.24) is 19.4 Å². The van der Waals surface area contributed by atoms with E-state index in [1.54, 1.807) is 0 Å². The van der Waals surface area contributed by atoms with Crippen molar-refractivity contribution < 1.29 is 0 Å². The van der Waals surface area contributed by atoms with Crippen LogP contribution in [-0.4, -0.2) is 52.6 Å². The summed E-state index contributed by atoms with van der Waals surface area (Å²) in [6, 6.07) is 0.733. The van der Waals surface area contributed by atoms with Crippen molar-refractivity contribution in [2.24, 2.45) is 11.8 Å². The molecule has 112 valence electrons. The maximum absolute atomic E-state index is 4.56. The molecule has 1 saturated heterocycles. The Morgan fingerprint density at radius 3 is 2.75 bits per heavy atom. The van der Waals surface area contributed by atoms with Crippen LogP contribution in [0.15, 0.2) is 12.4 Å². The number of imidazole rings is 1. The third-order valence-corrected chi connectivity index (χ3v) is 4.93. The molecule has 2 heterocycles. The van der Waals surface area contributed by atoms with Crippen molar-refractivity contribution in [3.63, 3.8) is 0 Å². The summed E-state index contributed by atoms with van der Waals surface area (Å²) >= 11 is 0. The number of hydrogen-bond acceptors (Lipinski definition) is 3. The summed E-state index contributed by atoms with van der Waals surface area (Å²) in [5.74, 6) is 3.10. The first-order chi connectivity index (χ1) is 9.69. The predicted molar refractivity (Wildman–Crippen MR) is 81.5 cm³/mol. The van der Waals surface area contributed by atoms with Crippen molar-refractivity contribution in [2.75, 3.05) is 27.2 Å². The topological polar surface area (TPSA) is 24.3 Å². The number of likely N-dealkylation sites (tertiary alicyclic amines) is 1. The van der Waals surface area contributed by atoms with Crippen molar-refractivity contribution >= 4 is 0 Å². The number of nitrogens with zero attached hydrogens (tertiary/aromatic N) is 4. The molecule has 0 spiro atoms. The standard InChI is InChI=1S/C16H28N4/c1-4-8-20-9-7-17-16(20)12-19-10-14(13-5-6-13)15(11-19)18(2)3/h7,9,13-15H,4-6,8,10-12H2,1-3H3/t14-,15+/m1/s1. The average Bonchev–Trinajstić information content (AvgIpc) is 3.03. The fraction of sp³-hybridized carbons (Fsp3) is 0.812. The third kappa shape index (κ3) is 2.91. The maximum atomic E-state index is 4.56. The molecule has 3 rings (SSSR count). The largest absolute Gasteiger partial charge is 0.334 e. The van der Waals surface area contributed by atoms with Crippen molar-refractivity contribution in [2.45, 2.75) is 45.3 Å². The molecule has 0 bridgehead atoms. The van der Waals surface area contributed by atoms with Crippen LogP contribution in [0.5, 0.6) is 0 Å². The zero-order valence-electron chi connectivity index (χ0n) is 13.1. The van der Waals surface area contributed by atoms with Gasteiger partial charge in [-0.3, -0.25) is 4.90 Å². The molecule has 0 radical (unpaired) electrons. The highest BCUT2D eigenvalue weighted by atomic mass is 15.3. The molecule has 0 aromatic carbocycles. The van der Waals surface area contributed by atoms with Gasteiger partial charge in [-0.15, -0.1) is 0 Å². The molecule has 2 aliphatic rings. The van der Waals surface area contributed by atoms with Gasteiger partial charge in [-0.25, -0.2) is 4.98 Å². The van der Waals surface area contributed by atoms with Crippen molar-refractivity contribution in [1.29, 1.82) is 0 Å². The van der Waals surface area contributed by atoms with Gasteiger partial charge in [0.05, 0.1) is 6.54 Å². The molecule has 2 fully saturated rings. The first-order valence-electron chi connectivity index (χ1n) is 8.07. The second-order valence-electron chi connectivity index (χ2n) is 6.76. The number of rotatable bonds is 6. The molecule has 1 aromatic rings. The van der Waals surface area contributed by atoms with E-state index in [1.807, 2.05) is 6.20 Å². The van der Waals surface area contributed by atoms with Gasteiger partial charge < -0.3 is 9.47 Å². The molecule has 4 nitrogen and oxygen atoms in total. The Labute approximate surface area is 122 Å². The molecule has 4 heteroatoms. The van der Waals surface area contributed by atoms with E-state index >= 15 is 0 Å². The summed E-state index contributed by atoms with van der Waals surface area (Å²) in [5, 5.41) is 0. The highest BCUT2D eigenvalue weighted by Crippen LogP contribution is 2.42. The highest BCUT2D eigenvalue weighted by molar-refractivity contribution is 5.00. The lowest BCUT2D eigenvalue weighted by Gasteiger charge is -2.25. The molecule has 1 saturated carbocycles. The second-order valence-corrected chi connectivity index (χ2v) is 6.76. The maximum Gasteiger partial charge on any atom is 0.122 e. The lowest BCUT2D eigenvalue weighted by molar-refractivity contribution is 0.232. The quantitative estimate of drug-likeness (QED) is 0.795. The van der Waals surface area contributed by atoms with E-state index in [9.17, 15) is 0 Å². The molecule has 20 heavy (non-hydrogen) atoms. The first kappa shape index (κ1) is 14.1. The van der Waals surface area contributed by atoms with E-state index in [-0.39, 0.29) is 0 Å². The normalized spacial score (nSPS) is 27.6. The van der Waals surface area contributed by atoms with Crippen molar-refractivity contribution in [3.05, 3.63) is 18.2 Å². The molecule has 2 atom stereocenters. The minimum absolute atomic E-state index is 0.733. The Bertz CT molecular complexity index is 425. The summed E-state index contributed by atoms with van der Waals surface area (Å²) in [4.78, 5) is 9.61. The van der Waals surface area contributed by atoms with Crippen LogP contribution < -0.4 is 0 Å². The number of likely N-dealkylation sites (N-methyl/N-ethyl adjacent to an activating group) is 1. The molecule has 1 aromatic heterocycles. The van der Waals surface area contributed by atoms with E-state index < -0.39 is 0 Å². The molecule has 0 amide bonds. The fourth-order valence-electron chi connectivity index (χ4n) is 3.69. The monoisotopic (exact) mass is 276 g/mol. The smallest absolute Gasteiger partial charge is 0.122 e. The van der Waals surface area contributed by atoms with Crippen LogP contribution in [0.25, 0.3) is 0 Å². The summed E-state index contributed by atoms with van der Waals surface area (Å²) in [7, 11) is 4.48. The van der Waals surface area contributed by atoms with Crippen LogP contribution in [0.2, 0.25) is 0 Å². The van der Waals surface area contributed by atoms with Gasteiger partial charge >= 0.3 is 0 Å². The SMILES string of the molecule is CCCn1ccnc1CN1C[C@H](C2CC2)[C@@H](N(C)C)C1. The zero-order valence-corrected chi connectivity index (χ0v) is 13.1. The lowest BCUT2D eigenvalue weighted by atomic mass is 9.97. The Morgan fingerprint density at radius 2 is 2.10 bits per heavy atom. The van der Waals surface area contributed by atoms with Gasteiger partial charge in [0.1, 0.15) is 5.82 Å². The number of aryl methyl sites for hydroxylation is 1. The van der Waals surface area contributed by atoms with E-state index in [2.05, 4.69) is 46.6 Å². The van der Waals surface area contributed by atoms with Gasteiger partial charge in [0.2, 0.25) is 0 Å². The Morgan fingerprint density at radius 1 is 1.30 bits per heavy atom. The van der Waals surface area contributed by atoms with Gasteiger partial charge in [-0.05, 0) is 45.2 Å². The minimum atomic E-state index is 0.733.